The summed E-state index contributed by atoms with van der Waals surface area (Å²) < 4.78 is 12.9. The first kappa shape index (κ1) is 18.5. The molecule has 28 heavy (non-hydrogen) atoms. The summed E-state index contributed by atoms with van der Waals surface area (Å²) in [7, 11) is 1.34. The minimum absolute atomic E-state index is 0.286. The summed E-state index contributed by atoms with van der Waals surface area (Å²) in [6, 6.07) is 13.2. The van der Waals surface area contributed by atoms with Crippen LogP contribution >= 0.6 is 24.0 Å². The predicted octanol–water partition coefficient (Wildman–Crippen LogP) is 3.14. The Bertz CT molecular complexity index is 1130. The number of nitrogens with zero attached hydrogens (tertiary/aromatic N) is 2. The lowest BCUT2D eigenvalue weighted by Crippen LogP contribution is -2.34. The highest BCUT2D eigenvalue weighted by atomic mass is 32.2. The average Bonchev–Trinajstić information content (AvgIpc) is 3.31. The van der Waals surface area contributed by atoms with E-state index in [-0.39, 0.29) is 10.2 Å². The van der Waals surface area contributed by atoms with Gasteiger partial charge in [0.1, 0.15) is 11.5 Å². The fourth-order valence-electron chi connectivity index (χ4n) is 2.94. The average molecular weight is 413 g/mol. The molecule has 2 N–H and O–H groups in total. The minimum atomic E-state index is -0.451. The number of carbonyl (C=O) groups is 2. The number of thioether (sulfide) groups is 1. The third-order valence-corrected chi connectivity index (χ3v) is 5.59. The topological polar surface area (TPSA) is 90.7 Å². The molecule has 3 heterocycles. The number of ether oxygens (including phenoxy) is 1. The van der Waals surface area contributed by atoms with Gasteiger partial charge < -0.3 is 13.7 Å². The Morgan fingerprint density at radius 3 is 2.71 bits per heavy atom. The Kier molecular flexibility index (Phi) is 4.80. The molecule has 3 aromatic rings. The van der Waals surface area contributed by atoms with Crippen LogP contribution in [0.4, 0.5) is 0 Å². The van der Waals surface area contributed by atoms with E-state index in [1.54, 1.807) is 22.8 Å². The zero-order valence-electron chi connectivity index (χ0n) is 14.7. The van der Waals surface area contributed by atoms with Crippen molar-refractivity contribution in [2.45, 2.75) is 6.54 Å². The molecular weight excluding hydrogens is 398 g/mol. The van der Waals surface area contributed by atoms with E-state index in [0.29, 0.717) is 28.6 Å². The van der Waals surface area contributed by atoms with E-state index >= 15 is 0 Å². The zero-order valence-corrected chi connectivity index (χ0v) is 16.4. The number of esters is 1. The summed E-state index contributed by atoms with van der Waals surface area (Å²) in [5, 5.41) is 1.66. The molecule has 2 aromatic heterocycles. The summed E-state index contributed by atoms with van der Waals surface area (Å²) in [4.78, 5) is 24.7. The van der Waals surface area contributed by atoms with Gasteiger partial charge in [0.25, 0.3) is 5.91 Å². The minimum Gasteiger partial charge on any atom is -0.464 e. The Morgan fingerprint density at radius 2 is 2.07 bits per heavy atom. The summed E-state index contributed by atoms with van der Waals surface area (Å²) >= 11 is 6.14. The van der Waals surface area contributed by atoms with Gasteiger partial charge in [-0.15, -0.1) is 0 Å². The smallest absolute Gasteiger partial charge is 0.354 e. The Balaban J connectivity index is 1.76. The van der Waals surface area contributed by atoms with E-state index in [4.69, 9.17) is 27.2 Å². The van der Waals surface area contributed by atoms with Gasteiger partial charge in [-0.05, 0) is 17.7 Å². The van der Waals surface area contributed by atoms with E-state index in [0.717, 1.165) is 27.7 Å². The molecule has 4 rings (SSSR count). The number of furan rings is 1. The van der Waals surface area contributed by atoms with Crippen LogP contribution in [0.15, 0.2) is 51.8 Å². The van der Waals surface area contributed by atoms with E-state index < -0.39 is 5.97 Å². The maximum absolute atomic E-state index is 12.2. The van der Waals surface area contributed by atoms with Gasteiger partial charge in [0.05, 0.1) is 18.6 Å². The zero-order chi connectivity index (χ0) is 19.8. The molecule has 0 bridgehead atoms. The lowest BCUT2D eigenvalue weighted by molar-refractivity contribution is -0.122. The monoisotopic (exact) mass is 413 g/mol. The molecule has 142 valence electrons. The highest BCUT2D eigenvalue weighted by molar-refractivity contribution is 8.26. The summed E-state index contributed by atoms with van der Waals surface area (Å²) in [5.41, 5.74) is 1.91. The molecule has 1 amide bonds. The van der Waals surface area contributed by atoms with Crippen LogP contribution in [0.25, 0.3) is 17.2 Å². The molecular formula is C19H15N3O4S2. The normalized spacial score (nSPS) is 15.8. The van der Waals surface area contributed by atoms with E-state index in [9.17, 15) is 9.59 Å². The van der Waals surface area contributed by atoms with Crippen molar-refractivity contribution in [3.63, 3.8) is 0 Å². The van der Waals surface area contributed by atoms with Gasteiger partial charge >= 0.3 is 5.97 Å². The molecule has 0 spiro atoms. The fourth-order valence-corrected chi connectivity index (χ4v) is 4.02. The molecule has 1 aromatic carbocycles. The number of hydrazine groups is 1. The number of nitrogens with two attached hydrogens (primary N) is 1. The number of carbonyl (C=O) groups excluding carboxylic acids is 2. The Labute approximate surface area is 169 Å². The SMILES string of the molecule is COC(=O)c1cc2cc(/C=C3/SC(=S)N(N)C3=O)oc2n1Cc1ccccc1. The highest BCUT2D eigenvalue weighted by Crippen LogP contribution is 2.33. The van der Waals surface area contributed by atoms with E-state index in [1.165, 1.54) is 7.11 Å². The van der Waals surface area contributed by atoms with Crippen molar-refractivity contribution in [1.29, 1.82) is 0 Å². The number of fused-ring (bicyclic) bond motifs is 1. The van der Waals surface area contributed by atoms with E-state index in [1.807, 2.05) is 30.3 Å². The first-order valence-corrected chi connectivity index (χ1v) is 9.48. The number of rotatable bonds is 4. The van der Waals surface area contributed by atoms with Gasteiger partial charge in [-0.3, -0.25) is 4.79 Å². The van der Waals surface area contributed by atoms with Crippen LogP contribution in [-0.2, 0) is 16.1 Å². The van der Waals surface area contributed by atoms with Crippen molar-refractivity contribution in [3.05, 3.63) is 64.4 Å². The Hall–Kier alpha value is -2.88. The highest BCUT2D eigenvalue weighted by Gasteiger charge is 2.30. The van der Waals surface area contributed by atoms with Crippen molar-refractivity contribution >= 4 is 57.4 Å². The number of amides is 1. The van der Waals surface area contributed by atoms with Crippen molar-refractivity contribution in [3.8, 4) is 0 Å². The number of thiocarbonyl (C=S) groups is 1. The molecule has 0 saturated carbocycles. The van der Waals surface area contributed by atoms with Gasteiger partial charge in [-0.25, -0.2) is 15.6 Å². The molecule has 0 radical (unpaired) electrons. The van der Waals surface area contributed by atoms with Gasteiger partial charge in [0, 0.05) is 11.5 Å². The molecule has 9 heteroatoms. The third kappa shape index (κ3) is 3.24. The number of hydrogen-bond acceptors (Lipinski definition) is 7. The molecule has 0 atom stereocenters. The number of hydrogen-bond donors (Lipinski definition) is 1. The van der Waals surface area contributed by atoms with Crippen molar-refractivity contribution in [2.24, 2.45) is 5.84 Å². The lowest BCUT2D eigenvalue weighted by atomic mass is 10.2. The van der Waals surface area contributed by atoms with Crippen molar-refractivity contribution < 1.29 is 18.7 Å². The maximum atomic E-state index is 12.2. The van der Waals surface area contributed by atoms with Crippen LogP contribution in [0.2, 0.25) is 0 Å². The molecule has 1 saturated heterocycles. The molecule has 1 aliphatic heterocycles. The molecule has 0 unspecified atom stereocenters. The molecule has 1 fully saturated rings. The van der Waals surface area contributed by atoms with Crippen LogP contribution < -0.4 is 5.84 Å². The van der Waals surface area contributed by atoms with Crippen molar-refractivity contribution in [2.75, 3.05) is 7.11 Å². The van der Waals surface area contributed by atoms with Crippen LogP contribution in [0.5, 0.6) is 0 Å². The van der Waals surface area contributed by atoms with Crippen molar-refractivity contribution in [1.82, 2.24) is 9.58 Å². The second-order valence-electron chi connectivity index (χ2n) is 6.05. The standard InChI is InChI=1S/C19H15N3O4S2/c1-25-18(24)14-8-12-7-13(9-15-16(23)22(20)19(27)28-15)26-17(12)21(14)10-11-5-3-2-4-6-11/h2-9H,10,20H2,1H3/b15-9+. The first-order valence-electron chi connectivity index (χ1n) is 8.26. The lowest BCUT2D eigenvalue weighted by Gasteiger charge is -2.08. The largest absolute Gasteiger partial charge is 0.464 e. The van der Waals surface area contributed by atoms with Crippen LogP contribution in [0.3, 0.4) is 0 Å². The fraction of sp³-hybridized carbons (Fsp3) is 0.105. The van der Waals surface area contributed by atoms with Gasteiger partial charge in [0.15, 0.2) is 4.32 Å². The second kappa shape index (κ2) is 7.27. The van der Waals surface area contributed by atoms with Crippen LogP contribution in [0.1, 0.15) is 21.8 Å². The van der Waals surface area contributed by atoms with E-state index in [2.05, 4.69) is 0 Å². The number of methoxy groups -OCH3 is 1. The van der Waals surface area contributed by atoms with Gasteiger partial charge in [-0.2, -0.15) is 0 Å². The molecule has 7 nitrogen and oxygen atoms in total. The summed E-state index contributed by atoms with van der Waals surface area (Å²) in [6.45, 7) is 0.437. The second-order valence-corrected chi connectivity index (χ2v) is 7.73. The number of benzene rings is 1. The quantitative estimate of drug-likeness (QED) is 0.231. The summed E-state index contributed by atoms with van der Waals surface area (Å²) in [6.07, 6.45) is 1.59. The van der Waals surface area contributed by atoms with Gasteiger partial charge in [-0.1, -0.05) is 54.3 Å². The molecule has 1 aliphatic rings. The summed E-state index contributed by atoms with van der Waals surface area (Å²) in [5.74, 6) is 5.24. The van der Waals surface area contributed by atoms with Gasteiger partial charge in [0.2, 0.25) is 5.71 Å². The Morgan fingerprint density at radius 1 is 1.32 bits per heavy atom. The molecule has 0 aliphatic carbocycles. The third-order valence-electron chi connectivity index (χ3n) is 4.26. The predicted molar refractivity (Wildman–Crippen MR) is 110 cm³/mol. The maximum Gasteiger partial charge on any atom is 0.354 e. The number of aromatic nitrogens is 1. The van der Waals surface area contributed by atoms with Crippen LogP contribution in [-0.4, -0.2) is 32.9 Å². The van der Waals surface area contributed by atoms with Crippen LogP contribution in [0, 0.1) is 0 Å². The first-order chi connectivity index (χ1) is 13.5.